The van der Waals surface area contributed by atoms with E-state index in [0.29, 0.717) is 6.04 Å². The van der Waals surface area contributed by atoms with Crippen molar-refractivity contribution in [3.05, 3.63) is 66.0 Å². The highest BCUT2D eigenvalue weighted by Gasteiger charge is 2.24. The molecular formula is C20H19N3O. The third kappa shape index (κ3) is 2.95. The molecule has 1 aromatic heterocycles. The van der Waals surface area contributed by atoms with Gasteiger partial charge in [-0.3, -0.25) is 4.79 Å². The summed E-state index contributed by atoms with van der Waals surface area (Å²) < 4.78 is 0. The molecule has 4 rings (SSSR count). The van der Waals surface area contributed by atoms with Gasteiger partial charge in [0.05, 0.1) is 0 Å². The maximum Gasteiger partial charge on any atom is 0.251 e. The van der Waals surface area contributed by atoms with E-state index in [-0.39, 0.29) is 5.91 Å². The molecule has 1 aliphatic rings. The molecule has 0 bridgehead atoms. The summed E-state index contributed by atoms with van der Waals surface area (Å²) in [6, 6.07) is 14.5. The Morgan fingerprint density at radius 1 is 1.12 bits per heavy atom. The second-order valence-corrected chi connectivity index (χ2v) is 6.29. The molecule has 1 aliphatic carbocycles. The molecule has 0 saturated heterocycles. The van der Waals surface area contributed by atoms with Crippen LogP contribution in [0.25, 0.3) is 22.5 Å². The Morgan fingerprint density at radius 2 is 1.88 bits per heavy atom. The number of aromatic amines is 1. The summed E-state index contributed by atoms with van der Waals surface area (Å²) in [5.41, 5.74) is 5.11. The molecular weight excluding hydrogens is 298 g/mol. The van der Waals surface area contributed by atoms with E-state index in [1.165, 1.54) is 0 Å². The maximum absolute atomic E-state index is 12.3. The van der Waals surface area contributed by atoms with Gasteiger partial charge < -0.3 is 10.3 Å². The Labute approximate surface area is 141 Å². The van der Waals surface area contributed by atoms with Gasteiger partial charge in [0.2, 0.25) is 0 Å². The fraction of sp³-hybridized carbons (Fsp3) is 0.200. The molecule has 3 aromatic rings. The van der Waals surface area contributed by atoms with Crippen LogP contribution in [-0.2, 0) is 0 Å². The first-order valence-corrected chi connectivity index (χ1v) is 8.22. The fourth-order valence-corrected chi connectivity index (χ4v) is 2.80. The van der Waals surface area contributed by atoms with E-state index in [9.17, 15) is 4.79 Å². The van der Waals surface area contributed by atoms with Crippen molar-refractivity contribution in [2.24, 2.45) is 0 Å². The van der Waals surface area contributed by atoms with Crippen molar-refractivity contribution in [3.63, 3.8) is 0 Å². The molecule has 1 saturated carbocycles. The number of hydrogen-bond donors (Lipinski definition) is 2. The Hall–Kier alpha value is -2.88. The number of carbonyl (C=O) groups is 1. The molecule has 4 nitrogen and oxygen atoms in total. The van der Waals surface area contributed by atoms with Crippen molar-refractivity contribution in [1.82, 2.24) is 15.3 Å². The number of aryl methyl sites for hydroxylation is 1. The third-order valence-electron chi connectivity index (χ3n) is 4.38. The van der Waals surface area contributed by atoms with E-state index in [1.54, 1.807) is 6.20 Å². The molecule has 0 spiro atoms. The number of amides is 1. The zero-order valence-corrected chi connectivity index (χ0v) is 13.5. The third-order valence-corrected chi connectivity index (χ3v) is 4.38. The van der Waals surface area contributed by atoms with Gasteiger partial charge in [0.15, 0.2) is 0 Å². The lowest BCUT2D eigenvalue weighted by Gasteiger charge is -2.10. The van der Waals surface area contributed by atoms with E-state index in [1.807, 2.05) is 36.5 Å². The van der Waals surface area contributed by atoms with Gasteiger partial charge in [0, 0.05) is 29.6 Å². The van der Waals surface area contributed by atoms with Gasteiger partial charge in [0.1, 0.15) is 5.82 Å². The molecule has 1 amide bonds. The zero-order chi connectivity index (χ0) is 16.5. The van der Waals surface area contributed by atoms with Crippen LogP contribution in [0.2, 0.25) is 0 Å². The lowest BCUT2D eigenvalue weighted by Crippen LogP contribution is -2.25. The molecule has 4 heteroatoms. The molecule has 0 radical (unpaired) electrons. The summed E-state index contributed by atoms with van der Waals surface area (Å²) in [5, 5.41) is 3.04. The normalized spacial score (nSPS) is 13.7. The highest BCUT2D eigenvalue weighted by molar-refractivity contribution is 5.96. The summed E-state index contributed by atoms with van der Waals surface area (Å²) in [4.78, 5) is 19.7. The number of nitrogens with one attached hydrogen (secondary N) is 2. The molecule has 1 fully saturated rings. The van der Waals surface area contributed by atoms with Crippen LogP contribution in [0.4, 0.5) is 0 Å². The second-order valence-electron chi connectivity index (χ2n) is 6.29. The standard InChI is InChI=1S/C20H19N3O/c1-13-2-3-16(20(24)23-17-8-9-17)12-18(13)14-4-6-15(7-5-14)19-21-10-11-22-19/h2-7,10-12,17H,8-9H2,1H3,(H,21,22)(H,23,24). The van der Waals surface area contributed by atoms with E-state index in [2.05, 4.69) is 34.3 Å². The summed E-state index contributed by atoms with van der Waals surface area (Å²) in [7, 11) is 0. The van der Waals surface area contributed by atoms with Crippen LogP contribution in [0.15, 0.2) is 54.9 Å². The zero-order valence-electron chi connectivity index (χ0n) is 13.5. The lowest BCUT2D eigenvalue weighted by molar-refractivity contribution is 0.0951. The molecule has 1 heterocycles. The van der Waals surface area contributed by atoms with Crippen LogP contribution in [0.1, 0.15) is 28.8 Å². The number of benzene rings is 2. The van der Waals surface area contributed by atoms with Crippen LogP contribution in [0.5, 0.6) is 0 Å². The minimum absolute atomic E-state index is 0.0194. The van der Waals surface area contributed by atoms with Gasteiger partial charge in [-0.15, -0.1) is 0 Å². The quantitative estimate of drug-likeness (QED) is 0.765. The van der Waals surface area contributed by atoms with Crippen molar-refractivity contribution in [2.75, 3.05) is 0 Å². The van der Waals surface area contributed by atoms with Crippen molar-refractivity contribution < 1.29 is 4.79 Å². The molecule has 24 heavy (non-hydrogen) atoms. The predicted molar refractivity (Wildman–Crippen MR) is 94.7 cm³/mol. The minimum Gasteiger partial charge on any atom is -0.349 e. The van der Waals surface area contributed by atoms with Crippen molar-refractivity contribution in [1.29, 1.82) is 0 Å². The Balaban J connectivity index is 1.63. The molecule has 0 atom stereocenters. The van der Waals surface area contributed by atoms with Gasteiger partial charge in [-0.05, 0) is 48.6 Å². The van der Waals surface area contributed by atoms with Crippen molar-refractivity contribution in [2.45, 2.75) is 25.8 Å². The van der Waals surface area contributed by atoms with Crippen LogP contribution >= 0.6 is 0 Å². The second kappa shape index (κ2) is 5.96. The minimum atomic E-state index is 0.0194. The smallest absolute Gasteiger partial charge is 0.251 e. The Morgan fingerprint density at radius 3 is 2.54 bits per heavy atom. The summed E-state index contributed by atoms with van der Waals surface area (Å²) >= 11 is 0. The average molecular weight is 317 g/mol. The molecule has 120 valence electrons. The van der Waals surface area contributed by atoms with Gasteiger partial charge in [-0.2, -0.15) is 0 Å². The first kappa shape index (κ1) is 14.7. The van der Waals surface area contributed by atoms with E-state index in [4.69, 9.17) is 0 Å². The number of carbonyl (C=O) groups excluding carboxylic acids is 1. The molecule has 0 aliphatic heterocycles. The summed E-state index contributed by atoms with van der Waals surface area (Å²) in [6.45, 7) is 2.07. The number of aromatic nitrogens is 2. The number of imidazole rings is 1. The topological polar surface area (TPSA) is 57.8 Å². The highest BCUT2D eigenvalue weighted by Crippen LogP contribution is 2.27. The molecule has 2 aromatic carbocycles. The monoisotopic (exact) mass is 317 g/mol. The van der Waals surface area contributed by atoms with Gasteiger partial charge in [-0.1, -0.05) is 30.3 Å². The van der Waals surface area contributed by atoms with Crippen LogP contribution in [0, 0.1) is 6.92 Å². The van der Waals surface area contributed by atoms with Crippen LogP contribution in [0.3, 0.4) is 0 Å². The lowest BCUT2D eigenvalue weighted by atomic mass is 9.97. The maximum atomic E-state index is 12.3. The Bertz CT molecular complexity index is 862. The fourth-order valence-electron chi connectivity index (χ4n) is 2.80. The van der Waals surface area contributed by atoms with Crippen LogP contribution in [-0.4, -0.2) is 21.9 Å². The highest BCUT2D eigenvalue weighted by atomic mass is 16.1. The number of H-pyrrole nitrogens is 1. The SMILES string of the molecule is Cc1ccc(C(=O)NC2CC2)cc1-c1ccc(-c2ncc[nH]2)cc1. The molecule has 2 N–H and O–H groups in total. The van der Waals surface area contributed by atoms with Gasteiger partial charge in [-0.25, -0.2) is 4.98 Å². The first-order chi connectivity index (χ1) is 11.7. The number of hydrogen-bond acceptors (Lipinski definition) is 2. The Kier molecular flexibility index (Phi) is 3.65. The van der Waals surface area contributed by atoms with E-state index < -0.39 is 0 Å². The van der Waals surface area contributed by atoms with Crippen LogP contribution < -0.4 is 5.32 Å². The number of nitrogens with zero attached hydrogens (tertiary/aromatic N) is 1. The van der Waals surface area contributed by atoms with Crippen molar-refractivity contribution >= 4 is 5.91 Å². The van der Waals surface area contributed by atoms with Gasteiger partial charge >= 0.3 is 0 Å². The summed E-state index contributed by atoms with van der Waals surface area (Å²) in [6.07, 6.45) is 5.75. The largest absolute Gasteiger partial charge is 0.349 e. The average Bonchev–Trinajstić information content (AvgIpc) is 3.24. The first-order valence-electron chi connectivity index (χ1n) is 8.22. The number of rotatable bonds is 4. The van der Waals surface area contributed by atoms with E-state index in [0.717, 1.165) is 46.5 Å². The summed E-state index contributed by atoms with van der Waals surface area (Å²) in [5.74, 6) is 0.877. The van der Waals surface area contributed by atoms with E-state index >= 15 is 0 Å². The molecule has 0 unspecified atom stereocenters. The van der Waals surface area contributed by atoms with Crippen molar-refractivity contribution in [3.8, 4) is 22.5 Å². The predicted octanol–water partition coefficient (Wildman–Crippen LogP) is 3.94. The van der Waals surface area contributed by atoms with Gasteiger partial charge in [0.25, 0.3) is 5.91 Å².